The molecule has 0 saturated carbocycles. The van der Waals surface area contributed by atoms with E-state index in [9.17, 15) is 0 Å². The fourth-order valence-corrected chi connectivity index (χ4v) is 0.895. The van der Waals surface area contributed by atoms with E-state index in [2.05, 4.69) is 10.2 Å². The van der Waals surface area contributed by atoms with E-state index in [1.54, 1.807) is 5.54 Å². The molecule has 0 aliphatic rings. The Balaban J connectivity index is 3.07. The molecule has 0 aromatic rings. The van der Waals surface area contributed by atoms with Crippen molar-refractivity contribution in [1.82, 2.24) is 10.2 Å². The first-order valence-corrected chi connectivity index (χ1v) is 5.29. The van der Waals surface area contributed by atoms with Crippen LogP contribution in [0.2, 0.25) is 0 Å². The lowest BCUT2D eigenvalue weighted by Crippen LogP contribution is -2.24. The van der Waals surface area contributed by atoms with Crippen LogP contribution in [-0.4, -0.2) is 51.8 Å². The lowest BCUT2D eigenvalue weighted by atomic mass is 10.3. The van der Waals surface area contributed by atoms with Crippen molar-refractivity contribution in [2.24, 2.45) is 0 Å². The van der Waals surface area contributed by atoms with E-state index in [1.807, 2.05) is 21.0 Å². The first-order valence-electron chi connectivity index (χ1n) is 4.86. The summed E-state index contributed by atoms with van der Waals surface area (Å²) in [6.45, 7) is 6.21. The predicted molar refractivity (Wildman–Crippen MR) is 61.9 cm³/mol. The Kier molecular flexibility index (Phi) is 9.40. The highest BCUT2D eigenvalue weighted by atomic mass is 35.5. The van der Waals surface area contributed by atoms with Crippen LogP contribution in [0.3, 0.4) is 0 Å². The Bertz CT molecular complexity index is 160. The Hall–Kier alpha value is -0.0900. The van der Waals surface area contributed by atoms with Crippen LogP contribution < -0.4 is 5.32 Å². The summed E-state index contributed by atoms with van der Waals surface area (Å²) in [4.78, 5) is 2.10. The summed E-state index contributed by atoms with van der Waals surface area (Å²) in [5.41, 5.74) is 2.74. The molecule has 0 spiro atoms. The monoisotopic (exact) mass is 220 g/mol. The van der Waals surface area contributed by atoms with Gasteiger partial charge >= 0.3 is 0 Å². The average Bonchev–Trinajstić information content (AvgIpc) is 2.15. The molecule has 14 heavy (non-hydrogen) atoms. The summed E-state index contributed by atoms with van der Waals surface area (Å²) in [6, 6.07) is 0. The molecule has 0 radical (unpaired) electrons. The molecule has 0 fully saturated rings. The number of ether oxygens (including phenoxy) is 1. The molecule has 0 aromatic carbocycles. The second-order valence-corrected chi connectivity index (χ2v) is 3.77. The van der Waals surface area contributed by atoms with Crippen LogP contribution in [0.25, 0.3) is 0 Å². The molecular formula is C10H21ClN2O. The molecule has 0 bridgehead atoms. The van der Waals surface area contributed by atoms with Crippen LogP contribution in [-0.2, 0) is 4.74 Å². The predicted octanol–water partition coefficient (Wildman–Crippen LogP) is 1.30. The minimum absolute atomic E-state index is 0.753. The van der Waals surface area contributed by atoms with Gasteiger partial charge in [0.2, 0.25) is 0 Å². The van der Waals surface area contributed by atoms with Gasteiger partial charge in [0.15, 0.2) is 0 Å². The van der Waals surface area contributed by atoms with E-state index in [-0.39, 0.29) is 0 Å². The van der Waals surface area contributed by atoms with Crippen molar-refractivity contribution in [3.63, 3.8) is 0 Å². The van der Waals surface area contributed by atoms with E-state index in [1.165, 1.54) is 0 Å². The third-order valence-corrected chi connectivity index (χ3v) is 2.07. The van der Waals surface area contributed by atoms with Crippen molar-refractivity contribution in [1.29, 1.82) is 0 Å². The standard InChI is InChI=1S/C10H21ClN2O/c1-10(8-11)9-12-4-6-14-7-5-13(2)3/h8,12H,4-7,9H2,1-3H3. The van der Waals surface area contributed by atoms with Crippen molar-refractivity contribution >= 4 is 11.6 Å². The van der Waals surface area contributed by atoms with Crippen LogP contribution >= 0.6 is 11.6 Å². The van der Waals surface area contributed by atoms with Crippen LogP contribution in [0.5, 0.6) is 0 Å². The lowest BCUT2D eigenvalue weighted by molar-refractivity contribution is 0.120. The highest BCUT2D eigenvalue weighted by Crippen LogP contribution is 1.91. The highest BCUT2D eigenvalue weighted by molar-refractivity contribution is 6.25. The highest BCUT2D eigenvalue weighted by Gasteiger charge is 1.91. The normalized spacial score (nSPS) is 12.5. The van der Waals surface area contributed by atoms with Gasteiger partial charge in [-0.3, -0.25) is 0 Å². The van der Waals surface area contributed by atoms with Crippen LogP contribution in [0.4, 0.5) is 0 Å². The number of halogens is 1. The topological polar surface area (TPSA) is 24.5 Å². The average molecular weight is 221 g/mol. The number of nitrogens with one attached hydrogen (secondary N) is 1. The Morgan fingerprint density at radius 2 is 2.14 bits per heavy atom. The van der Waals surface area contributed by atoms with Gasteiger partial charge in [-0.15, -0.1) is 0 Å². The van der Waals surface area contributed by atoms with Gasteiger partial charge in [-0.25, -0.2) is 0 Å². The van der Waals surface area contributed by atoms with E-state index in [4.69, 9.17) is 16.3 Å². The molecule has 0 saturated heterocycles. The molecule has 0 rings (SSSR count). The first kappa shape index (κ1) is 13.9. The smallest absolute Gasteiger partial charge is 0.0593 e. The number of hydrogen-bond donors (Lipinski definition) is 1. The summed E-state index contributed by atoms with van der Waals surface area (Å²) in [7, 11) is 4.08. The zero-order valence-corrected chi connectivity index (χ0v) is 10.1. The van der Waals surface area contributed by atoms with Crippen LogP contribution in [0.15, 0.2) is 11.1 Å². The first-order chi connectivity index (χ1) is 6.66. The molecule has 0 aliphatic heterocycles. The van der Waals surface area contributed by atoms with Gasteiger partial charge in [0, 0.05) is 25.2 Å². The number of nitrogens with zero attached hydrogens (tertiary/aromatic N) is 1. The summed E-state index contributed by atoms with van der Waals surface area (Å²) in [6.07, 6.45) is 0. The van der Waals surface area contributed by atoms with Crippen molar-refractivity contribution < 1.29 is 4.74 Å². The van der Waals surface area contributed by atoms with Gasteiger partial charge in [0.1, 0.15) is 0 Å². The summed E-state index contributed by atoms with van der Waals surface area (Å²) in [5.74, 6) is 0. The van der Waals surface area contributed by atoms with Gasteiger partial charge in [-0.05, 0) is 26.6 Å². The molecule has 0 atom stereocenters. The molecule has 0 aliphatic carbocycles. The zero-order valence-electron chi connectivity index (χ0n) is 9.35. The molecule has 4 heteroatoms. The third kappa shape index (κ3) is 9.99. The Morgan fingerprint density at radius 1 is 1.43 bits per heavy atom. The van der Waals surface area contributed by atoms with Gasteiger partial charge in [0.05, 0.1) is 13.2 Å². The third-order valence-electron chi connectivity index (χ3n) is 1.70. The molecule has 0 aromatic heterocycles. The van der Waals surface area contributed by atoms with Gasteiger partial charge in [-0.2, -0.15) is 0 Å². The maximum atomic E-state index is 5.51. The van der Waals surface area contributed by atoms with E-state index in [0.29, 0.717) is 0 Å². The van der Waals surface area contributed by atoms with Crippen LogP contribution in [0, 0.1) is 0 Å². The van der Waals surface area contributed by atoms with Crippen LogP contribution in [0.1, 0.15) is 6.92 Å². The minimum Gasteiger partial charge on any atom is -0.379 e. The fraction of sp³-hybridized carbons (Fsp3) is 0.800. The van der Waals surface area contributed by atoms with Gasteiger partial charge < -0.3 is 15.0 Å². The summed E-state index contributed by atoms with van der Waals surface area (Å²) in [5, 5.41) is 3.23. The molecular weight excluding hydrogens is 200 g/mol. The SMILES string of the molecule is CC(=CCl)CNCCOCCN(C)C. The maximum Gasteiger partial charge on any atom is 0.0593 e. The summed E-state index contributed by atoms with van der Waals surface area (Å²) >= 11 is 5.51. The van der Waals surface area contributed by atoms with Crippen molar-refractivity contribution in [2.75, 3.05) is 46.9 Å². The molecule has 3 nitrogen and oxygen atoms in total. The van der Waals surface area contributed by atoms with Gasteiger partial charge in [-0.1, -0.05) is 11.6 Å². The molecule has 0 heterocycles. The quantitative estimate of drug-likeness (QED) is 0.625. The van der Waals surface area contributed by atoms with Crippen molar-refractivity contribution in [2.45, 2.75) is 6.92 Å². The number of likely N-dealkylation sites (N-methyl/N-ethyl adjacent to an activating group) is 1. The molecule has 0 amide bonds. The largest absolute Gasteiger partial charge is 0.379 e. The number of hydrogen-bond acceptors (Lipinski definition) is 3. The van der Waals surface area contributed by atoms with Crippen molar-refractivity contribution in [3.8, 4) is 0 Å². The van der Waals surface area contributed by atoms with E-state index < -0.39 is 0 Å². The fourth-order valence-electron chi connectivity index (χ4n) is 0.818. The van der Waals surface area contributed by atoms with Crippen molar-refractivity contribution in [3.05, 3.63) is 11.1 Å². The second kappa shape index (κ2) is 9.46. The number of rotatable bonds is 8. The maximum absolute atomic E-state index is 5.51. The zero-order chi connectivity index (χ0) is 10.8. The Labute approximate surface area is 92.1 Å². The van der Waals surface area contributed by atoms with E-state index >= 15 is 0 Å². The molecule has 84 valence electrons. The second-order valence-electron chi connectivity index (χ2n) is 3.55. The Morgan fingerprint density at radius 3 is 2.71 bits per heavy atom. The lowest BCUT2D eigenvalue weighted by Gasteiger charge is -2.10. The molecule has 1 N–H and O–H groups in total. The molecule has 0 unspecified atom stereocenters. The minimum atomic E-state index is 0.753. The van der Waals surface area contributed by atoms with E-state index in [0.717, 1.165) is 38.4 Å². The van der Waals surface area contributed by atoms with Gasteiger partial charge in [0.25, 0.3) is 0 Å². The summed E-state index contributed by atoms with van der Waals surface area (Å²) < 4.78 is 5.40.